The summed E-state index contributed by atoms with van der Waals surface area (Å²) < 4.78 is 11.4. The fraction of sp³-hybridized carbons (Fsp3) is 0.767. The summed E-state index contributed by atoms with van der Waals surface area (Å²) in [5.74, 6) is 1.76. The molecule has 7 heteroatoms. The molecule has 37 heavy (non-hydrogen) atoms. The number of nitrogens with zero attached hydrogens (tertiary/aromatic N) is 1. The Morgan fingerprint density at radius 3 is 2.46 bits per heavy atom. The van der Waals surface area contributed by atoms with Crippen LogP contribution in [0.1, 0.15) is 76.7 Å². The van der Waals surface area contributed by atoms with E-state index in [0.29, 0.717) is 24.9 Å². The number of aliphatic carboxylic acids is 1. The maximum atomic E-state index is 12.1. The number of morpholine rings is 1. The average molecular weight is 516 g/mol. The summed E-state index contributed by atoms with van der Waals surface area (Å²) in [6.45, 7) is 9.59. The molecule has 4 unspecified atom stereocenters. The maximum Gasteiger partial charge on any atom is 0.309 e. The van der Waals surface area contributed by atoms with Gasteiger partial charge in [-0.1, -0.05) is 26.0 Å². The number of ether oxygens (including phenoxy) is 2. The normalized spacial score (nSPS) is 36.7. The van der Waals surface area contributed by atoms with Crippen LogP contribution in [0.15, 0.2) is 24.3 Å². The molecule has 1 aliphatic heterocycles. The molecule has 5 rings (SSSR count). The minimum atomic E-state index is -0.624. The zero-order valence-electron chi connectivity index (χ0n) is 22.6. The number of carboxylic acids is 1. The first-order valence-electron chi connectivity index (χ1n) is 14.5. The molecule has 7 nitrogen and oxygen atoms in total. The third-order valence-electron chi connectivity index (χ3n) is 9.40. The Labute approximate surface area is 221 Å². The topological polar surface area (TPSA) is 77.5 Å². The predicted molar refractivity (Wildman–Crippen MR) is 141 cm³/mol. The van der Waals surface area contributed by atoms with Gasteiger partial charge < -0.3 is 14.6 Å². The van der Waals surface area contributed by atoms with Crippen LogP contribution in [-0.4, -0.2) is 67.6 Å². The smallest absolute Gasteiger partial charge is 0.309 e. The highest BCUT2D eigenvalue weighted by molar-refractivity contribution is 5.75. The van der Waals surface area contributed by atoms with Crippen LogP contribution in [0.2, 0.25) is 0 Å². The number of carboxylic acid groups (broad SMARTS) is 1. The molecule has 1 saturated heterocycles. The van der Waals surface area contributed by atoms with Crippen molar-refractivity contribution < 1.29 is 29.1 Å². The van der Waals surface area contributed by atoms with Gasteiger partial charge in [0, 0.05) is 19.6 Å². The lowest BCUT2D eigenvalue weighted by Gasteiger charge is -2.50. The second kappa shape index (κ2) is 12.0. The lowest BCUT2D eigenvalue weighted by molar-refractivity contribution is -0.378. The van der Waals surface area contributed by atoms with Gasteiger partial charge in [-0.15, -0.1) is 0 Å². The number of hydrogen-bond donors (Lipinski definition) is 1. The molecule has 0 aromatic heterocycles. The fourth-order valence-electron chi connectivity index (χ4n) is 7.57. The molecule has 3 saturated carbocycles. The molecule has 206 valence electrons. The van der Waals surface area contributed by atoms with Crippen molar-refractivity contribution in [1.29, 1.82) is 0 Å². The largest absolute Gasteiger partial charge is 0.492 e. The molecule has 1 aromatic rings. The number of hydrogen-bond acceptors (Lipinski definition) is 6. The number of rotatable bonds is 9. The Morgan fingerprint density at radius 1 is 1.03 bits per heavy atom. The third-order valence-corrected chi connectivity index (χ3v) is 9.40. The highest BCUT2D eigenvalue weighted by Gasteiger charge is 2.53. The standard InChI is InChI=1S/C30H45NO6/c1-21-17-25-20-30(18-21,29(32)33)19-22(2)28(25)37-36-27-9-5-24(6-10-27)23-3-7-26(8-4-23)35-16-13-31-11-14-34-15-12-31/h3-4,7-8,21-22,24-25,27-28H,5-6,9-20H2,1-2H3,(H,32,33)/t21?,22?,24?,25?,27?,28-,30?/m0/s1. The second-order valence-corrected chi connectivity index (χ2v) is 12.3. The van der Waals surface area contributed by atoms with Crippen LogP contribution in [0, 0.1) is 23.2 Å². The summed E-state index contributed by atoms with van der Waals surface area (Å²) >= 11 is 0. The second-order valence-electron chi connectivity index (χ2n) is 12.3. The van der Waals surface area contributed by atoms with E-state index in [1.54, 1.807) is 0 Å². The third kappa shape index (κ3) is 6.49. The molecule has 0 amide bonds. The zero-order chi connectivity index (χ0) is 25.8. The monoisotopic (exact) mass is 515 g/mol. The van der Waals surface area contributed by atoms with E-state index < -0.39 is 11.4 Å². The summed E-state index contributed by atoms with van der Waals surface area (Å²) in [7, 11) is 0. The molecule has 1 N–H and O–H groups in total. The molecule has 5 atom stereocenters. The zero-order valence-corrected chi connectivity index (χ0v) is 22.6. The van der Waals surface area contributed by atoms with Crippen molar-refractivity contribution in [3.8, 4) is 5.75 Å². The van der Waals surface area contributed by atoms with Gasteiger partial charge in [-0.2, -0.15) is 0 Å². The van der Waals surface area contributed by atoms with Gasteiger partial charge in [-0.25, -0.2) is 9.78 Å². The summed E-state index contributed by atoms with van der Waals surface area (Å²) in [5, 5.41) is 9.93. The molecule has 2 bridgehead atoms. The molecule has 4 fully saturated rings. The van der Waals surface area contributed by atoms with Crippen LogP contribution < -0.4 is 4.74 Å². The molecule has 1 aromatic carbocycles. The van der Waals surface area contributed by atoms with Gasteiger partial charge in [0.1, 0.15) is 12.4 Å². The molecule has 0 spiro atoms. The summed E-state index contributed by atoms with van der Waals surface area (Å²) in [6.07, 6.45) is 7.54. The lowest BCUT2D eigenvalue weighted by atomic mass is 9.56. The fourth-order valence-corrected chi connectivity index (χ4v) is 7.57. The van der Waals surface area contributed by atoms with Crippen LogP contribution in [-0.2, 0) is 19.3 Å². The summed E-state index contributed by atoms with van der Waals surface area (Å²) in [5.41, 5.74) is 0.810. The first-order chi connectivity index (χ1) is 17.9. The molecule has 1 heterocycles. The Bertz CT molecular complexity index is 875. The van der Waals surface area contributed by atoms with E-state index in [1.165, 1.54) is 5.56 Å². The van der Waals surface area contributed by atoms with Crippen LogP contribution in [0.4, 0.5) is 0 Å². The Hall–Kier alpha value is -1.67. The molecule has 4 aliphatic rings. The number of carbonyl (C=O) groups is 1. The predicted octanol–water partition coefficient (Wildman–Crippen LogP) is 5.29. The van der Waals surface area contributed by atoms with E-state index in [9.17, 15) is 9.90 Å². The average Bonchev–Trinajstić information content (AvgIpc) is 2.89. The Balaban J connectivity index is 1.04. The van der Waals surface area contributed by atoms with Gasteiger partial charge in [0.25, 0.3) is 0 Å². The molecule has 0 radical (unpaired) electrons. The van der Waals surface area contributed by atoms with Crippen LogP contribution in [0.3, 0.4) is 0 Å². The van der Waals surface area contributed by atoms with E-state index in [1.807, 2.05) is 0 Å². The first-order valence-corrected chi connectivity index (χ1v) is 14.5. The van der Waals surface area contributed by atoms with Crippen LogP contribution in [0.25, 0.3) is 0 Å². The van der Waals surface area contributed by atoms with Crippen LogP contribution in [0.5, 0.6) is 5.75 Å². The quantitative estimate of drug-likeness (QED) is 0.354. The van der Waals surface area contributed by atoms with Gasteiger partial charge in [0.15, 0.2) is 0 Å². The van der Waals surface area contributed by atoms with Crippen molar-refractivity contribution in [3.05, 3.63) is 29.8 Å². The van der Waals surface area contributed by atoms with E-state index in [0.717, 1.165) is 83.5 Å². The van der Waals surface area contributed by atoms with Gasteiger partial charge >= 0.3 is 5.97 Å². The van der Waals surface area contributed by atoms with Crippen molar-refractivity contribution >= 4 is 5.97 Å². The van der Waals surface area contributed by atoms with E-state index in [-0.39, 0.29) is 24.0 Å². The number of benzene rings is 1. The van der Waals surface area contributed by atoms with Gasteiger partial charge in [-0.05, 0) is 92.7 Å². The minimum absolute atomic E-state index is 0.00346. The summed E-state index contributed by atoms with van der Waals surface area (Å²) in [6, 6.07) is 8.64. The van der Waals surface area contributed by atoms with Gasteiger partial charge in [0.2, 0.25) is 0 Å². The van der Waals surface area contributed by atoms with Crippen molar-refractivity contribution in [3.63, 3.8) is 0 Å². The Morgan fingerprint density at radius 2 is 1.76 bits per heavy atom. The maximum absolute atomic E-state index is 12.1. The molecular weight excluding hydrogens is 470 g/mol. The van der Waals surface area contributed by atoms with Gasteiger partial charge in [-0.3, -0.25) is 9.69 Å². The van der Waals surface area contributed by atoms with Crippen molar-refractivity contribution in [1.82, 2.24) is 4.90 Å². The van der Waals surface area contributed by atoms with Crippen molar-refractivity contribution in [2.75, 3.05) is 39.5 Å². The highest BCUT2D eigenvalue weighted by Crippen LogP contribution is 2.54. The number of fused-ring (bicyclic) bond motifs is 2. The van der Waals surface area contributed by atoms with Crippen molar-refractivity contribution in [2.24, 2.45) is 23.2 Å². The van der Waals surface area contributed by atoms with Crippen LogP contribution >= 0.6 is 0 Å². The first kappa shape index (κ1) is 26.9. The van der Waals surface area contributed by atoms with Crippen molar-refractivity contribution in [2.45, 2.75) is 83.3 Å². The van der Waals surface area contributed by atoms with E-state index in [2.05, 4.69) is 43.0 Å². The van der Waals surface area contributed by atoms with Gasteiger partial charge in [0.05, 0.1) is 30.8 Å². The SMILES string of the molecule is CC1CC2CC(C(=O)O)(C1)CC(C)[C@@H]2OOC1CCC(c2ccc(OCCN3CCOCC3)cc2)CC1. The lowest BCUT2D eigenvalue weighted by Crippen LogP contribution is -2.51. The minimum Gasteiger partial charge on any atom is -0.492 e. The van der Waals surface area contributed by atoms with E-state index >= 15 is 0 Å². The molecular formula is C30H45NO6. The highest BCUT2D eigenvalue weighted by atomic mass is 17.2. The molecule has 3 aliphatic carbocycles. The Kier molecular flexibility index (Phi) is 8.74. The van der Waals surface area contributed by atoms with E-state index in [4.69, 9.17) is 19.2 Å². The summed E-state index contributed by atoms with van der Waals surface area (Å²) in [4.78, 5) is 26.6.